The molecule has 2 aromatic heterocycles. The van der Waals surface area contributed by atoms with Crippen LogP contribution in [-0.4, -0.2) is 39.7 Å². The molecule has 23 heavy (non-hydrogen) atoms. The summed E-state index contributed by atoms with van der Waals surface area (Å²) in [5.74, 6) is 0.0797. The van der Waals surface area contributed by atoms with E-state index in [9.17, 15) is 13.2 Å². The molecule has 124 valence electrons. The second-order valence-corrected chi connectivity index (χ2v) is 5.92. The molecule has 1 fully saturated rings. The number of hydrogen-bond acceptors (Lipinski definition) is 3. The Morgan fingerprint density at radius 1 is 1.30 bits per heavy atom. The third kappa shape index (κ3) is 4.10. The molecule has 1 saturated heterocycles. The molecule has 0 unspecified atom stereocenters. The number of halogens is 3. The number of piperidine rings is 1. The quantitative estimate of drug-likeness (QED) is 0.939. The van der Waals surface area contributed by atoms with Gasteiger partial charge in [-0.3, -0.25) is 10.1 Å². The number of aromatic nitrogens is 3. The predicted molar refractivity (Wildman–Crippen MR) is 79.9 cm³/mol. The van der Waals surface area contributed by atoms with Crippen LogP contribution in [0.15, 0.2) is 30.5 Å². The van der Waals surface area contributed by atoms with Crippen LogP contribution < -0.4 is 0 Å². The van der Waals surface area contributed by atoms with Crippen LogP contribution in [0.5, 0.6) is 0 Å². The number of pyridine rings is 1. The zero-order chi connectivity index (χ0) is 16.3. The molecule has 1 N–H and O–H groups in total. The van der Waals surface area contributed by atoms with Crippen molar-refractivity contribution in [3.05, 3.63) is 47.5 Å². The van der Waals surface area contributed by atoms with Crippen LogP contribution in [-0.2, 0) is 12.6 Å². The number of H-pyrrole nitrogens is 1. The maximum atomic E-state index is 12.7. The molecule has 1 aliphatic heterocycles. The Labute approximate surface area is 132 Å². The Morgan fingerprint density at radius 2 is 2.17 bits per heavy atom. The fraction of sp³-hybridized carbons (Fsp3) is 0.500. The Morgan fingerprint density at radius 3 is 2.87 bits per heavy atom. The zero-order valence-electron chi connectivity index (χ0n) is 12.7. The van der Waals surface area contributed by atoms with Gasteiger partial charge in [0.25, 0.3) is 0 Å². The van der Waals surface area contributed by atoms with E-state index in [2.05, 4.69) is 20.1 Å². The molecular formula is C16H19F3N4. The predicted octanol–water partition coefficient (Wildman–Crippen LogP) is 3.25. The lowest BCUT2D eigenvalue weighted by Gasteiger charge is -2.32. The van der Waals surface area contributed by atoms with Crippen molar-refractivity contribution in [1.29, 1.82) is 0 Å². The minimum atomic E-state index is -4.39. The maximum Gasteiger partial charge on any atom is 0.435 e. The van der Waals surface area contributed by atoms with E-state index in [1.165, 1.54) is 0 Å². The lowest BCUT2D eigenvalue weighted by atomic mass is 9.94. The van der Waals surface area contributed by atoms with Gasteiger partial charge in [0.05, 0.1) is 0 Å². The molecule has 0 spiro atoms. The molecule has 0 saturated carbocycles. The number of likely N-dealkylation sites (tertiary alicyclic amines) is 1. The fourth-order valence-corrected chi connectivity index (χ4v) is 3.02. The third-order valence-corrected chi connectivity index (χ3v) is 4.24. The van der Waals surface area contributed by atoms with Crippen molar-refractivity contribution in [3.8, 4) is 0 Å². The van der Waals surface area contributed by atoms with Gasteiger partial charge >= 0.3 is 6.18 Å². The molecule has 0 bridgehead atoms. The van der Waals surface area contributed by atoms with Crippen molar-refractivity contribution in [1.82, 2.24) is 20.1 Å². The van der Waals surface area contributed by atoms with E-state index in [4.69, 9.17) is 0 Å². The van der Waals surface area contributed by atoms with Crippen molar-refractivity contribution in [2.75, 3.05) is 19.6 Å². The first-order valence-corrected chi connectivity index (χ1v) is 7.77. The molecule has 0 amide bonds. The molecular weight excluding hydrogens is 305 g/mol. The van der Waals surface area contributed by atoms with Gasteiger partial charge < -0.3 is 4.90 Å². The number of alkyl halides is 3. The molecule has 7 heteroatoms. The molecule has 3 rings (SSSR count). The Hall–Kier alpha value is -1.89. The van der Waals surface area contributed by atoms with Crippen LogP contribution in [0.2, 0.25) is 0 Å². The molecule has 1 aliphatic rings. The first-order valence-electron chi connectivity index (χ1n) is 7.77. The Balaban J connectivity index is 1.59. The number of rotatable bonds is 4. The van der Waals surface area contributed by atoms with Gasteiger partial charge in [-0.25, -0.2) is 0 Å². The summed E-state index contributed by atoms with van der Waals surface area (Å²) in [4.78, 5) is 6.59. The molecule has 0 aromatic carbocycles. The lowest BCUT2D eigenvalue weighted by molar-refractivity contribution is -0.141. The summed E-state index contributed by atoms with van der Waals surface area (Å²) >= 11 is 0. The van der Waals surface area contributed by atoms with Crippen molar-refractivity contribution in [2.45, 2.75) is 31.4 Å². The highest BCUT2D eigenvalue weighted by atomic mass is 19.4. The van der Waals surface area contributed by atoms with Crippen LogP contribution in [0.4, 0.5) is 13.2 Å². The zero-order valence-corrected chi connectivity index (χ0v) is 12.7. The largest absolute Gasteiger partial charge is 0.435 e. The Kier molecular flexibility index (Phi) is 4.66. The van der Waals surface area contributed by atoms with Crippen molar-refractivity contribution >= 4 is 0 Å². The van der Waals surface area contributed by atoms with Gasteiger partial charge in [-0.15, -0.1) is 0 Å². The first-order chi connectivity index (χ1) is 11.0. The van der Waals surface area contributed by atoms with Crippen LogP contribution in [0.25, 0.3) is 0 Å². The summed E-state index contributed by atoms with van der Waals surface area (Å²) in [6.45, 7) is 2.60. The highest BCUT2D eigenvalue weighted by molar-refractivity contribution is 5.16. The van der Waals surface area contributed by atoms with Gasteiger partial charge in [0, 0.05) is 43.0 Å². The summed E-state index contributed by atoms with van der Waals surface area (Å²) in [6.07, 6.45) is 0.108. The normalized spacial score (nSPS) is 19.9. The maximum absolute atomic E-state index is 12.7. The van der Waals surface area contributed by atoms with Crippen LogP contribution >= 0.6 is 0 Å². The van der Waals surface area contributed by atoms with E-state index in [1.54, 1.807) is 6.20 Å². The summed E-state index contributed by atoms with van der Waals surface area (Å²) in [6, 6.07) is 6.99. The minimum absolute atomic E-state index is 0.0797. The Bertz CT molecular complexity index is 624. The van der Waals surface area contributed by atoms with E-state index < -0.39 is 11.9 Å². The molecule has 4 nitrogen and oxygen atoms in total. The molecule has 3 heterocycles. The van der Waals surface area contributed by atoms with E-state index in [0.717, 1.165) is 50.7 Å². The highest BCUT2D eigenvalue weighted by Gasteiger charge is 2.35. The smallest absolute Gasteiger partial charge is 0.302 e. The van der Waals surface area contributed by atoms with Gasteiger partial charge in [-0.2, -0.15) is 18.3 Å². The first kappa shape index (κ1) is 16.0. The SMILES string of the molecule is FC(F)(F)c1cc([C@H]2CCCN(CCc3ccccn3)C2)[nH]n1. The van der Waals surface area contributed by atoms with Crippen molar-refractivity contribution in [3.63, 3.8) is 0 Å². The number of hydrogen-bond donors (Lipinski definition) is 1. The second kappa shape index (κ2) is 6.70. The topological polar surface area (TPSA) is 44.8 Å². The van der Waals surface area contributed by atoms with E-state index in [0.29, 0.717) is 5.69 Å². The number of aromatic amines is 1. The van der Waals surface area contributed by atoms with E-state index in [1.807, 2.05) is 18.2 Å². The summed E-state index contributed by atoms with van der Waals surface area (Å²) in [7, 11) is 0. The van der Waals surface area contributed by atoms with Gasteiger partial charge in [0.15, 0.2) is 5.69 Å². The monoisotopic (exact) mass is 324 g/mol. The van der Waals surface area contributed by atoms with Crippen LogP contribution in [0, 0.1) is 0 Å². The van der Waals surface area contributed by atoms with Crippen molar-refractivity contribution in [2.24, 2.45) is 0 Å². The summed E-state index contributed by atoms with van der Waals surface area (Å²) in [5.41, 5.74) is 0.786. The van der Waals surface area contributed by atoms with Gasteiger partial charge in [-0.1, -0.05) is 6.07 Å². The molecule has 0 aliphatic carbocycles. The fourth-order valence-electron chi connectivity index (χ4n) is 3.02. The number of nitrogens with zero attached hydrogens (tertiary/aromatic N) is 3. The van der Waals surface area contributed by atoms with E-state index >= 15 is 0 Å². The standard InChI is InChI=1S/C16H19F3N4/c17-16(18,19)15-10-14(21-22-15)12-4-3-8-23(11-12)9-6-13-5-1-2-7-20-13/h1-2,5,7,10,12H,3-4,6,8-9,11H2,(H,21,22)/t12-/m0/s1. The van der Waals surface area contributed by atoms with Crippen molar-refractivity contribution < 1.29 is 13.2 Å². The minimum Gasteiger partial charge on any atom is -0.302 e. The average molecular weight is 324 g/mol. The average Bonchev–Trinajstić information content (AvgIpc) is 3.05. The molecule has 2 aromatic rings. The molecule has 1 atom stereocenters. The summed E-state index contributed by atoms with van der Waals surface area (Å²) in [5, 5.41) is 5.97. The number of nitrogens with one attached hydrogen (secondary N) is 1. The summed E-state index contributed by atoms with van der Waals surface area (Å²) < 4.78 is 38.0. The molecule has 0 radical (unpaired) electrons. The van der Waals surface area contributed by atoms with Gasteiger partial charge in [-0.05, 0) is 37.6 Å². The van der Waals surface area contributed by atoms with Gasteiger partial charge in [0.2, 0.25) is 0 Å². The van der Waals surface area contributed by atoms with E-state index in [-0.39, 0.29) is 5.92 Å². The van der Waals surface area contributed by atoms with Crippen LogP contribution in [0.1, 0.15) is 35.8 Å². The van der Waals surface area contributed by atoms with Crippen LogP contribution in [0.3, 0.4) is 0 Å². The van der Waals surface area contributed by atoms with Gasteiger partial charge in [0.1, 0.15) is 0 Å². The lowest BCUT2D eigenvalue weighted by Crippen LogP contribution is -2.36. The second-order valence-electron chi connectivity index (χ2n) is 5.92. The highest BCUT2D eigenvalue weighted by Crippen LogP contribution is 2.31. The third-order valence-electron chi connectivity index (χ3n) is 4.24.